The van der Waals surface area contributed by atoms with Gasteiger partial charge in [-0.15, -0.1) is 0 Å². The topological polar surface area (TPSA) is 73.6 Å². The SMILES string of the molecule is O=C([O-])CN1C(=O)/C(=C\c2ccc(Sc3ccc(Cl)cc3)o2)SC1=S. The number of carbonyl (C=O) groups excluding carboxylic acids is 2. The molecule has 1 aromatic heterocycles. The summed E-state index contributed by atoms with van der Waals surface area (Å²) in [6.07, 6.45) is 1.54. The molecule has 2 heterocycles. The van der Waals surface area contributed by atoms with E-state index >= 15 is 0 Å². The lowest BCUT2D eigenvalue weighted by molar-refractivity contribution is -0.305. The first kappa shape index (κ1) is 18.1. The number of halogens is 1. The predicted molar refractivity (Wildman–Crippen MR) is 99.2 cm³/mol. The molecule has 0 saturated carbocycles. The number of carboxylic acid groups (broad SMARTS) is 1. The molecule has 1 aromatic carbocycles. The third kappa shape index (κ3) is 4.46. The van der Waals surface area contributed by atoms with Gasteiger partial charge in [-0.25, -0.2) is 0 Å². The third-order valence-electron chi connectivity index (χ3n) is 3.07. The minimum atomic E-state index is -1.36. The second kappa shape index (κ2) is 7.65. The van der Waals surface area contributed by atoms with Crippen LogP contribution in [0.1, 0.15) is 5.76 Å². The number of furan rings is 1. The largest absolute Gasteiger partial charge is 0.548 e. The summed E-state index contributed by atoms with van der Waals surface area (Å²) < 4.78 is 5.86. The number of hydrogen-bond donors (Lipinski definition) is 0. The Hall–Kier alpha value is -1.74. The standard InChI is InChI=1S/C16H10ClNO4S3/c17-9-1-4-11(5-2-9)24-14-6-3-10(22-14)7-12-15(21)18(8-13(19)20)16(23)25-12/h1-7H,8H2,(H,19,20)/p-1/b12-7+. The van der Waals surface area contributed by atoms with Crippen LogP contribution in [0.5, 0.6) is 0 Å². The first-order valence-electron chi connectivity index (χ1n) is 6.91. The molecule has 0 spiro atoms. The van der Waals surface area contributed by atoms with Crippen molar-refractivity contribution in [1.82, 2.24) is 4.90 Å². The average Bonchev–Trinajstić information content (AvgIpc) is 3.09. The van der Waals surface area contributed by atoms with Crippen molar-refractivity contribution in [2.45, 2.75) is 9.99 Å². The molecular formula is C16H9ClNO4S3-. The Kier molecular flexibility index (Phi) is 5.53. The summed E-state index contributed by atoms with van der Waals surface area (Å²) in [4.78, 5) is 25.1. The Balaban J connectivity index is 1.73. The van der Waals surface area contributed by atoms with E-state index in [1.807, 2.05) is 12.1 Å². The Morgan fingerprint density at radius 1 is 1.32 bits per heavy atom. The van der Waals surface area contributed by atoms with Gasteiger partial charge in [0.15, 0.2) is 5.09 Å². The molecule has 25 heavy (non-hydrogen) atoms. The maximum absolute atomic E-state index is 12.2. The Morgan fingerprint density at radius 2 is 2.04 bits per heavy atom. The van der Waals surface area contributed by atoms with Gasteiger partial charge in [-0.1, -0.05) is 47.3 Å². The summed E-state index contributed by atoms with van der Waals surface area (Å²) in [5.74, 6) is -1.36. The number of carboxylic acids is 1. The van der Waals surface area contributed by atoms with Crippen molar-refractivity contribution >= 4 is 69.6 Å². The third-order valence-corrected chi connectivity index (χ3v) is 5.63. The minimum Gasteiger partial charge on any atom is -0.548 e. The van der Waals surface area contributed by atoms with Crippen molar-refractivity contribution < 1.29 is 19.1 Å². The molecule has 1 saturated heterocycles. The lowest BCUT2D eigenvalue weighted by atomic mass is 10.3. The molecule has 1 aliphatic heterocycles. The first-order valence-corrected chi connectivity index (χ1v) is 9.33. The lowest BCUT2D eigenvalue weighted by Gasteiger charge is -2.14. The molecule has 0 radical (unpaired) electrons. The van der Waals surface area contributed by atoms with E-state index < -0.39 is 18.4 Å². The van der Waals surface area contributed by atoms with Crippen molar-refractivity contribution in [3.8, 4) is 0 Å². The second-order valence-electron chi connectivity index (χ2n) is 4.85. The number of thiocarbonyl (C=S) groups is 1. The van der Waals surface area contributed by atoms with E-state index in [1.165, 1.54) is 11.8 Å². The first-order chi connectivity index (χ1) is 11.9. The summed E-state index contributed by atoms with van der Waals surface area (Å²) in [5, 5.41) is 12.0. The van der Waals surface area contributed by atoms with Gasteiger partial charge in [-0.3, -0.25) is 9.69 Å². The van der Waals surface area contributed by atoms with Gasteiger partial charge in [0.2, 0.25) is 0 Å². The van der Waals surface area contributed by atoms with Gasteiger partial charge in [0, 0.05) is 16.0 Å². The maximum Gasteiger partial charge on any atom is 0.266 e. The normalized spacial score (nSPS) is 16.0. The molecule has 5 nitrogen and oxygen atoms in total. The highest BCUT2D eigenvalue weighted by Gasteiger charge is 2.32. The Labute approximate surface area is 162 Å². The van der Waals surface area contributed by atoms with E-state index in [1.54, 1.807) is 30.3 Å². The molecule has 0 atom stereocenters. The Bertz CT molecular complexity index is 876. The number of amides is 1. The zero-order chi connectivity index (χ0) is 18.0. The number of rotatable bonds is 5. The van der Waals surface area contributed by atoms with Crippen molar-refractivity contribution in [3.63, 3.8) is 0 Å². The molecule has 0 N–H and O–H groups in total. The van der Waals surface area contributed by atoms with Crippen molar-refractivity contribution in [2.24, 2.45) is 0 Å². The second-order valence-corrected chi connectivity index (χ2v) is 8.04. The van der Waals surface area contributed by atoms with E-state index in [-0.39, 0.29) is 4.32 Å². The van der Waals surface area contributed by atoms with E-state index in [0.29, 0.717) is 20.8 Å². The van der Waals surface area contributed by atoms with Gasteiger partial charge in [-0.05, 0) is 36.4 Å². The minimum absolute atomic E-state index is 0.183. The van der Waals surface area contributed by atoms with Crippen molar-refractivity contribution in [2.75, 3.05) is 6.54 Å². The molecule has 0 aliphatic carbocycles. The number of carbonyl (C=O) groups is 2. The summed E-state index contributed by atoms with van der Waals surface area (Å²) in [7, 11) is 0. The van der Waals surface area contributed by atoms with E-state index in [9.17, 15) is 14.7 Å². The summed E-state index contributed by atoms with van der Waals surface area (Å²) in [6.45, 7) is -0.558. The van der Waals surface area contributed by atoms with Crippen LogP contribution in [0.15, 0.2) is 55.7 Å². The number of aliphatic carboxylic acids is 1. The molecule has 1 fully saturated rings. The van der Waals surface area contributed by atoms with Gasteiger partial charge in [0.05, 0.1) is 17.4 Å². The highest BCUT2D eigenvalue weighted by Crippen LogP contribution is 2.34. The summed E-state index contributed by atoms with van der Waals surface area (Å²) in [5.41, 5.74) is 0. The number of benzene rings is 1. The quantitative estimate of drug-likeness (QED) is 0.554. The number of hydrogen-bond acceptors (Lipinski definition) is 7. The molecule has 128 valence electrons. The van der Waals surface area contributed by atoms with Crippen LogP contribution in [0, 0.1) is 0 Å². The fraction of sp³-hybridized carbons (Fsp3) is 0.0625. The number of nitrogens with zero attached hydrogens (tertiary/aromatic N) is 1. The lowest BCUT2D eigenvalue weighted by Crippen LogP contribution is -2.40. The van der Waals surface area contributed by atoms with Crippen LogP contribution in [0.3, 0.4) is 0 Å². The van der Waals surface area contributed by atoms with Crippen LogP contribution in [-0.4, -0.2) is 27.6 Å². The fourth-order valence-electron chi connectivity index (χ4n) is 1.98. The average molecular weight is 411 g/mol. The van der Waals surface area contributed by atoms with Crippen molar-refractivity contribution in [3.05, 3.63) is 52.1 Å². The van der Waals surface area contributed by atoms with Crippen LogP contribution < -0.4 is 5.11 Å². The van der Waals surface area contributed by atoms with Crippen molar-refractivity contribution in [1.29, 1.82) is 0 Å². The van der Waals surface area contributed by atoms with Gasteiger partial charge < -0.3 is 14.3 Å². The highest BCUT2D eigenvalue weighted by atomic mass is 35.5. The molecule has 9 heteroatoms. The molecule has 1 amide bonds. The predicted octanol–water partition coefficient (Wildman–Crippen LogP) is 3.04. The molecule has 0 bridgehead atoms. The zero-order valence-corrected chi connectivity index (χ0v) is 15.6. The molecule has 0 unspecified atom stereocenters. The van der Waals surface area contributed by atoms with E-state index in [4.69, 9.17) is 28.2 Å². The molecule has 3 rings (SSSR count). The van der Waals surface area contributed by atoms with Crippen LogP contribution in [0.2, 0.25) is 5.02 Å². The highest BCUT2D eigenvalue weighted by molar-refractivity contribution is 8.26. The van der Waals surface area contributed by atoms with E-state index in [0.717, 1.165) is 21.6 Å². The molecular weight excluding hydrogens is 402 g/mol. The van der Waals surface area contributed by atoms with Crippen LogP contribution >= 0.6 is 47.3 Å². The summed E-state index contributed by atoms with van der Waals surface area (Å²) >= 11 is 13.3. The maximum atomic E-state index is 12.2. The van der Waals surface area contributed by atoms with Crippen LogP contribution in [0.4, 0.5) is 0 Å². The van der Waals surface area contributed by atoms with Gasteiger partial charge >= 0.3 is 0 Å². The van der Waals surface area contributed by atoms with Crippen LogP contribution in [-0.2, 0) is 9.59 Å². The smallest absolute Gasteiger partial charge is 0.266 e. The fourth-order valence-corrected chi connectivity index (χ4v) is 4.12. The van der Waals surface area contributed by atoms with Gasteiger partial charge in [0.1, 0.15) is 10.1 Å². The van der Waals surface area contributed by atoms with Gasteiger partial charge in [-0.2, -0.15) is 0 Å². The monoisotopic (exact) mass is 410 g/mol. The van der Waals surface area contributed by atoms with Crippen LogP contribution in [0.25, 0.3) is 6.08 Å². The Morgan fingerprint density at radius 3 is 2.72 bits per heavy atom. The summed E-state index contributed by atoms with van der Waals surface area (Å²) in [6, 6.07) is 10.8. The number of thioether (sulfide) groups is 1. The van der Waals surface area contributed by atoms with E-state index in [2.05, 4.69) is 0 Å². The van der Waals surface area contributed by atoms with Gasteiger partial charge in [0.25, 0.3) is 5.91 Å². The molecule has 2 aromatic rings. The molecule has 1 aliphatic rings. The zero-order valence-electron chi connectivity index (χ0n) is 12.4.